The van der Waals surface area contributed by atoms with Crippen molar-refractivity contribution < 1.29 is 19.6 Å². The van der Waals surface area contributed by atoms with Crippen LogP contribution < -0.4 is 11.1 Å². The summed E-state index contributed by atoms with van der Waals surface area (Å²) < 4.78 is 0. The Balaban J connectivity index is 2.86. The van der Waals surface area contributed by atoms with Crippen molar-refractivity contribution in [2.45, 2.75) is 0 Å². The predicted octanol–water partition coefficient (Wildman–Crippen LogP) is -0.485. The highest BCUT2D eigenvalue weighted by atomic mass is 16.6. The first-order chi connectivity index (χ1) is 7.91. The topological polar surface area (TPSA) is 136 Å². The molecule has 0 bridgehead atoms. The molecular formula is C9H9N3O5. The minimum atomic E-state index is -0.777. The molecule has 0 aliphatic heterocycles. The number of hydrogen-bond acceptors (Lipinski definition) is 5. The minimum Gasteiger partial charge on any atom is -0.502 e. The summed E-state index contributed by atoms with van der Waals surface area (Å²) in [6.07, 6.45) is 0. The molecule has 0 fully saturated rings. The highest BCUT2D eigenvalue weighted by Crippen LogP contribution is 2.25. The van der Waals surface area contributed by atoms with Crippen molar-refractivity contribution in [1.29, 1.82) is 0 Å². The molecule has 0 radical (unpaired) electrons. The van der Waals surface area contributed by atoms with E-state index in [1.54, 1.807) is 0 Å². The minimum absolute atomic E-state index is 0.00523. The molecule has 0 aliphatic rings. The number of carbonyl (C=O) groups excluding carboxylic acids is 2. The second kappa shape index (κ2) is 4.92. The van der Waals surface area contributed by atoms with E-state index in [-0.39, 0.29) is 12.1 Å². The monoisotopic (exact) mass is 239 g/mol. The lowest BCUT2D eigenvalue weighted by Crippen LogP contribution is -2.33. The molecular weight excluding hydrogens is 230 g/mol. The van der Waals surface area contributed by atoms with Crippen molar-refractivity contribution in [2.24, 2.45) is 5.73 Å². The van der Waals surface area contributed by atoms with Gasteiger partial charge in [0, 0.05) is 11.6 Å². The Morgan fingerprint density at radius 1 is 1.47 bits per heavy atom. The zero-order valence-electron chi connectivity index (χ0n) is 8.54. The van der Waals surface area contributed by atoms with Gasteiger partial charge in [-0.05, 0) is 12.1 Å². The standard InChI is InChI=1S/C9H9N3O5/c10-8(14)4-11-9(15)5-1-2-6(12(16)17)7(13)3-5/h1-3,13H,4H2,(H2,10,14)(H,11,15). The Labute approximate surface area is 95.2 Å². The van der Waals surface area contributed by atoms with Crippen molar-refractivity contribution in [1.82, 2.24) is 5.32 Å². The Bertz CT molecular complexity index is 486. The van der Waals surface area contributed by atoms with Crippen LogP contribution in [0.2, 0.25) is 0 Å². The normalized spacial score (nSPS) is 9.65. The molecule has 1 aromatic rings. The van der Waals surface area contributed by atoms with E-state index in [4.69, 9.17) is 5.73 Å². The molecule has 0 saturated carbocycles. The van der Waals surface area contributed by atoms with Crippen LogP contribution in [-0.4, -0.2) is 28.4 Å². The molecule has 0 aliphatic carbocycles. The van der Waals surface area contributed by atoms with Crippen LogP contribution in [0.1, 0.15) is 10.4 Å². The summed E-state index contributed by atoms with van der Waals surface area (Å²) in [6, 6.07) is 3.09. The van der Waals surface area contributed by atoms with E-state index in [2.05, 4.69) is 5.32 Å². The fraction of sp³-hybridized carbons (Fsp3) is 0.111. The van der Waals surface area contributed by atoms with E-state index in [0.717, 1.165) is 18.2 Å². The van der Waals surface area contributed by atoms with Crippen LogP contribution in [0.5, 0.6) is 5.75 Å². The zero-order valence-corrected chi connectivity index (χ0v) is 8.54. The summed E-state index contributed by atoms with van der Waals surface area (Å²) in [4.78, 5) is 31.4. The van der Waals surface area contributed by atoms with Crippen molar-refractivity contribution >= 4 is 17.5 Å². The Morgan fingerprint density at radius 2 is 2.12 bits per heavy atom. The SMILES string of the molecule is NC(=O)CNC(=O)c1ccc([N+](=O)[O-])c(O)c1. The maximum Gasteiger partial charge on any atom is 0.310 e. The van der Waals surface area contributed by atoms with Gasteiger partial charge in [0.1, 0.15) is 0 Å². The number of amides is 2. The third-order valence-corrected chi connectivity index (χ3v) is 1.86. The van der Waals surface area contributed by atoms with Crippen molar-refractivity contribution in [3.05, 3.63) is 33.9 Å². The van der Waals surface area contributed by atoms with Gasteiger partial charge < -0.3 is 16.2 Å². The number of nitrogens with zero attached hydrogens (tertiary/aromatic N) is 1. The molecule has 4 N–H and O–H groups in total. The molecule has 0 aromatic heterocycles. The maximum atomic E-state index is 11.4. The van der Waals surface area contributed by atoms with Gasteiger partial charge in [-0.2, -0.15) is 0 Å². The second-order valence-corrected chi connectivity index (χ2v) is 3.11. The number of phenols is 1. The third-order valence-electron chi connectivity index (χ3n) is 1.86. The predicted molar refractivity (Wildman–Crippen MR) is 56.3 cm³/mol. The van der Waals surface area contributed by atoms with Crippen LogP contribution in [0.4, 0.5) is 5.69 Å². The van der Waals surface area contributed by atoms with Crippen molar-refractivity contribution in [3.8, 4) is 5.75 Å². The number of carbonyl (C=O) groups is 2. The zero-order chi connectivity index (χ0) is 13.0. The molecule has 2 amide bonds. The molecule has 0 spiro atoms. The molecule has 0 heterocycles. The van der Waals surface area contributed by atoms with Gasteiger partial charge >= 0.3 is 5.69 Å². The molecule has 8 heteroatoms. The fourth-order valence-electron chi connectivity index (χ4n) is 1.09. The van der Waals surface area contributed by atoms with E-state index in [1.165, 1.54) is 0 Å². The lowest BCUT2D eigenvalue weighted by molar-refractivity contribution is -0.385. The number of nitro benzene ring substituents is 1. The number of benzene rings is 1. The van der Waals surface area contributed by atoms with Crippen LogP contribution in [0.15, 0.2) is 18.2 Å². The lowest BCUT2D eigenvalue weighted by Gasteiger charge is -2.03. The average molecular weight is 239 g/mol. The molecule has 1 aromatic carbocycles. The summed E-state index contributed by atoms with van der Waals surface area (Å²) >= 11 is 0. The summed E-state index contributed by atoms with van der Waals surface area (Å²) in [5.41, 5.74) is 4.31. The number of nitro groups is 1. The second-order valence-electron chi connectivity index (χ2n) is 3.11. The van der Waals surface area contributed by atoms with E-state index < -0.39 is 28.2 Å². The first-order valence-electron chi connectivity index (χ1n) is 4.45. The van der Waals surface area contributed by atoms with Gasteiger partial charge in [0.2, 0.25) is 5.91 Å². The van der Waals surface area contributed by atoms with E-state index in [0.29, 0.717) is 0 Å². The smallest absolute Gasteiger partial charge is 0.310 e. The van der Waals surface area contributed by atoms with Crippen LogP contribution in [0.3, 0.4) is 0 Å². The maximum absolute atomic E-state index is 11.4. The number of nitrogens with two attached hydrogens (primary N) is 1. The Hall–Kier alpha value is -2.64. The number of primary amides is 1. The number of aromatic hydroxyl groups is 1. The molecule has 0 atom stereocenters. The average Bonchev–Trinajstić information content (AvgIpc) is 2.25. The molecule has 90 valence electrons. The molecule has 17 heavy (non-hydrogen) atoms. The van der Waals surface area contributed by atoms with Gasteiger partial charge in [-0.15, -0.1) is 0 Å². The highest BCUT2D eigenvalue weighted by molar-refractivity contribution is 5.96. The first-order valence-corrected chi connectivity index (χ1v) is 4.45. The van der Waals surface area contributed by atoms with Crippen LogP contribution >= 0.6 is 0 Å². The summed E-state index contributed by atoms with van der Waals surface area (Å²) in [5, 5.41) is 21.9. The van der Waals surface area contributed by atoms with Crippen molar-refractivity contribution in [3.63, 3.8) is 0 Å². The van der Waals surface area contributed by atoms with Crippen LogP contribution in [0.25, 0.3) is 0 Å². The Morgan fingerprint density at radius 3 is 2.59 bits per heavy atom. The van der Waals surface area contributed by atoms with Crippen molar-refractivity contribution in [2.75, 3.05) is 6.54 Å². The van der Waals surface area contributed by atoms with E-state index >= 15 is 0 Å². The van der Waals surface area contributed by atoms with Crippen LogP contribution in [-0.2, 0) is 4.79 Å². The van der Waals surface area contributed by atoms with E-state index in [9.17, 15) is 24.8 Å². The summed E-state index contributed by atoms with van der Waals surface area (Å²) in [7, 11) is 0. The van der Waals surface area contributed by atoms with Gasteiger partial charge in [0.15, 0.2) is 5.75 Å². The van der Waals surface area contributed by atoms with Gasteiger partial charge in [0.25, 0.3) is 5.91 Å². The molecule has 1 rings (SSSR count). The number of hydrogen-bond donors (Lipinski definition) is 3. The van der Waals surface area contributed by atoms with Gasteiger partial charge in [-0.25, -0.2) is 0 Å². The first kappa shape index (κ1) is 12.4. The summed E-state index contributed by atoms with van der Waals surface area (Å²) in [6.45, 7) is -0.351. The van der Waals surface area contributed by atoms with Gasteiger partial charge in [-0.3, -0.25) is 19.7 Å². The fourth-order valence-corrected chi connectivity index (χ4v) is 1.09. The highest BCUT2D eigenvalue weighted by Gasteiger charge is 2.15. The Kier molecular flexibility index (Phi) is 3.60. The van der Waals surface area contributed by atoms with Crippen LogP contribution in [0, 0.1) is 10.1 Å². The summed E-state index contributed by atoms with van der Waals surface area (Å²) in [5.74, 6) is -2.00. The molecule has 8 nitrogen and oxygen atoms in total. The van der Waals surface area contributed by atoms with Gasteiger partial charge in [-0.1, -0.05) is 0 Å². The number of phenolic OH excluding ortho intramolecular Hbond substituents is 1. The van der Waals surface area contributed by atoms with Gasteiger partial charge in [0.05, 0.1) is 11.5 Å². The molecule has 0 unspecified atom stereocenters. The molecule has 0 saturated heterocycles. The lowest BCUT2D eigenvalue weighted by atomic mass is 10.2. The van der Waals surface area contributed by atoms with E-state index in [1.807, 2.05) is 0 Å². The number of rotatable bonds is 4. The number of nitrogens with one attached hydrogen (secondary N) is 1. The third kappa shape index (κ3) is 3.16. The quantitative estimate of drug-likeness (QED) is 0.481. The largest absolute Gasteiger partial charge is 0.502 e.